The monoisotopic (exact) mass is 527 g/mol. The molecule has 37 heavy (non-hydrogen) atoms. The molecule has 4 rings (SSSR count). The Morgan fingerprint density at radius 3 is 2.43 bits per heavy atom. The summed E-state index contributed by atoms with van der Waals surface area (Å²) >= 11 is 0. The molecule has 0 spiro atoms. The van der Waals surface area contributed by atoms with Gasteiger partial charge in [0.1, 0.15) is 11.5 Å². The van der Waals surface area contributed by atoms with Gasteiger partial charge in [0, 0.05) is 38.5 Å². The molecule has 1 aromatic heterocycles. The van der Waals surface area contributed by atoms with Crippen LogP contribution in [0, 0.1) is 0 Å². The molecule has 0 N–H and O–H groups in total. The van der Waals surface area contributed by atoms with Crippen LogP contribution in [0.4, 0.5) is 0 Å². The Morgan fingerprint density at radius 2 is 1.84 bits per heavy atom. The molecular weight excluding hydrogens is 494 g/mol. The first-order valence-electron chi connectivity index (χ1n) is 12.3. The van der Waals surface area contributed by atoms with Crippen molar-refractivity contribution in [3.8, 4) is 5.88 Å². The Balaban J connectivity index is 1.55. The number of aromatic nitrogens is 2. The molecule has 1 fully saturated rings. The predicted octanol–water partition coefficient (Wildman–Crippen LogP) is 2.99. The predicted molar refractivity (Wildman–Crippen MR) is 140 cm³/mol. The van der Waals surface area contributed by atoms with Gasteiger partial charge >= 0.3 is 5.97 Å². The fourth-order valence-electron chi connectivity index (χ4n) is 4.38. The lowest BCUT2D eigenvalue weighted by atomic mass is 9.93. The lowest BCUT2D eigenvalue weighted by Crippen LogP contribution is -2.31. The molecule has 2 aliphatic carbocycles. The molecule has 9 nitrogen and oxygen atoms in total. The van der Waals surface area contributed by atoms with Crippen molar-refractivity contribution in [3.63, 3.8) is 0 Å². The van der Waals surface area contributed by atoms with Crippen LogP contribution < -0.4 is 4.74 Å². The third-order valence-electron chi connectivity index (χ3n) is 6.58. The van der Waals surface area contributed by atoms with E-state index < -0.39 is 20.9 Å². The van der Waals surface area contributed by atoms with Crippen LogP contribution in [0.25, 0.3) is 0 Å². The molecule has 1 aromatic carbocycles. The molecule has 0 aliphatic heterocycles. The zero-order chi connectivity index (χ0) is 26.6. The van der Waals surface area contributed by atoms with Crippen LogP contribution in [0.2, 0.25) is 0 Å². The van der Waals surface area contributed by atoms with Gasteiger partial charge in [0.2, 0.25) is 5.88 Å². The Morgan fingerprint density at radius 1 is 1.14 bits per heavy atom. The van der Waals surface area contributed by atoms with Crippen LogP contribution in [0.3, 0.4) is 0 Å². The average Bonchev–Trinajstić information content (AvgIpc) is 3.37. The van der Waals surface area contributed by atoms with Crippen LogP contribution in [0.15, 0.2) is 53.4 Å². The summed E-state index contributed by atoms with van der Waals surface area (Å²) in [6.45, 7) is 0.512. The first-order valence-corrected chi connectivity index (χ1v) is 14.2. The van der Waals surface area contributed by atoms with E-state index in [1.807, 2.05) is 0 Å². The van der Waals surface area contributed by atoms with Gasteiger partial charge in [0.25, 0.3) is 5.91 Å². The second-order valence-corrected chi connectivity index (χ2v) is 12.1. The lowest BCUT2D eigenvalue weighted by Gasteiger charge is -2.20. The fourth-order valence-corrected chi connectivity index (χ4v) is 5.83. The summed E-state index contributed by atoms with van der Waals surface area (Å²) < 4.78 is 29.9. The number of benzene rings is 1. The molecule has 198 valence electrons. The van der Waals surface area contributed by atoms with E-state index in [4.69, 9.17) is 14.2 Å². The second-order valence-electron chi connectivity index (χ2n) is 9.56. The maximum atomic E-state index is 13.5. The minimum atomic E-state index is -2.49. The van der Waals surface area contributed by atoms with E-state index in [-0.39, 0.29) is 23.6 Å². The minimum absolute atomic E-state index is 0.0178. The Kier molecular flexibility index (Phi) is 7.99. The van der Waals surface area contributed by atoms with E-state index in [9.17, 15) is 13.8 Å². The lowest BCUT2D eigenvalue weighted by molar-refractivity contribution is -0.137. The first-order chi connectivity index (χ1) is 17.7. The highest BCUT2D eigenvalue weighted by molar-refractivity contribution is 8.00. The van der Waals surface area contributed by atoms with Gasteiger partial charge in [-0.05, 0) is 71.3 Å². The highest BCUT2D eigenvalue weighted by Gasteiger charge is 2.57. The quantitative estimate of drug-likeness (QED) is 0.249. The van der Waals surface area contributed by atoms with Crippen molar-refractivity contribution >= 4 is 27.3 Å². The van der Waals surface area contributed by atoms with Crippen molar-refractivity contribution in [2.75, 3.05) is 33.6 Å². The summed E-state index contributed by atoms with van der Waals surface area (Å²) in [4.78, 5) is 35.7. The normalized spacial score (nSPS) is 20.6. The summed E-state index contributed by atoms with van der Waals surface area (Å²) in [5.41, 5.74) is -0.403. The number of rotatable bonds is 11. The summed E-state index contributed by atoms with van der Waals surface area (Å²) in [5.74, 6) is 3.98. The number of amides is 1. The molecule has 0 bridgehead atoms. The van der Waals surface area contributed by atoms with Crippen molar-refractivity contribution in [2.45, 2.75) is 48.5 Å². The van der Waals surface area contributed by atoms with Crippen LogP contribution >= 0.6 is 0 Å². The van der Waals surface area contributed by atoms with Crippen LogP contribution in [-0.4, -0.2) is 76.5 Å². The number of carbonyl (C=O) groups is 2. The summed E-state index contributed by atoms with van der Waals surface area (Å²) in [7, 11) is 2.35. The molecule has 10 heteroatoms. The topological polar surface area (TPSA) is 108 Å². The molecule has 1 heterocycles. The molecule has 1 saturated carbocycles. The van der Waals surface area contributed by atoms with Crippen molar-refractivity contribution in [3.05, 3.63) is 59.8 Å². The number of nitrogens with zero attached hydrogens (tertiary/aromatic N) is 3. The van der Waals surface area contributed by atoms with Crippen LogP contribution in [0.5, 0.6) is 5.88 Å². The first kappa shape index (κ1) is 26.8. The number of carbonyl (C=O) groups excluding carboxylic acids is 2. The maximum Gasteiger partial charge on any atom is 0.335 e. The Hall–Kier alpha value is -3.24. The molecule has 2 aromatic rings. The summed E-state index contributed by atoms with van der Waals surface area (Å²) in [6.07, 6.45) is 9.06. The highest BCUT2D eigenvalue weighted by Crippen LogP contribution is 2.50. The molecular formula is C27H33N3O6S. The zero-order valence-electron chi connectivity index (χ0n) is 21.5. The molecule has 2 aliphatic rings. The van der Waals surface area contributed by atoms with E-state index in [2.05, 4.69) is 15.8 Å². The number of methoxy groups -OCH3 is 1. The van der Waals surface area contributed by atoms with Crippen molar-refractivity contribution in [2.24, 2.45) is 0 Å². The van der Waals surface area contributed by atoms with Gasteiger partial charge in [-0.3, -0.25) is 9.00 Å². The van der Waals surface area contributed by atoms with E-state index in [0.29, 0.717) is 35.0 Å². The van der Waals surface area contributed by atoms with Gasteiger partial charge in [0.15, 0.2) is 5.41 Å². The average molecular weight is 528 g/mol. The smallest absolute Gasteiger partial charge is 0.335 e. The largest absolute Gasteiger partial charge is 0.493 e. The zero-order valence-corrected chi connectivity index (χ0v) is 22.3. The van der Waals surface area contributed by atoms with Crippen molar-refractivity contribution in [1.82, 2.24) is 14.9 Å². The van der Waals surface area contributed by atoms with Gasteiger partial charge in [-0.2, -0.15) is 0 Å². The second kappa shape index (κ2) is 11.0. The van der Waals surface area contributed by atoms with E-state index in [1.165, 1.54) is 17.3 Å². The van der Waals surface area contributed by atoms with Crippen LogP contribution in [0.1, 0.15) is 48.2 Å². The third-order valence-corrected chi connectivity index (χ3v) is 8.66. The Bertz CT molecular complexity index is 1270. The summed E-state index contributed by atoms with van der Waals surface area (Å²) in [5, 5.41) is 0. The third kappa shape index (κ3) is 5.86. The standard InChI is InChI=1S/C27H33N3O6S/c1-30(2)25(31)22-17-29-24(18-28-22)36-26(32)27(16-23(27)35-20-8-5-6-9-20)19-10-12-21(13-11-19)37(4,33)15-7-14-34-3/h10-13,16-18,20H,4-9,14-15H2,1-3H3. The van der Waals surface area contributed by atoms with Gasteiger partial charge in [-0.15, -0.1) is 0 Å². The number of esters is 1. The minimum Gasteiger partial charge on any atom is -0.493 e. The van der Waals surface area contributed by atoms with Crippen molar-refractivity contribution < 1.29 is 28.0 Å². The molecule has 2 atom stereocenters. The van der Waals surface area contributed by atoms with E-state index in [0.717, 1.165) is 25.7 Å². The van der Waals surface area contributed by atoms with Crippen molar-refractivity contribution in [1.29, 1.82) is 0 Å². The fraction of sp³-hybridized carbons (Fsp3) is 0.444. The molecule has 2 unspecified atom stereocenters. The summed E-state index contributed by atoms with van der Waals surface area (Å²) in [6, 6.07) is 7.02. The van der Waals surface area contributed by atoms with Crippen LogP contribution in [-0.2, 0) is 29.2 Å². The van der Waals surface area contributed by atoms with E-state index >= 15 is 0 Å². The van der Waals surface area contributed by atoms with Gasteiger partial charge < -0.3 is 19.1 Å². The highest BCUT2D eigenvalue weighted by atomic mass is 32.2. The Labute approximate surface area is 217 Å². The van der Waals surface area contributed by atoms with Gasteiger partial charge in [0.05, 0.1) is 18.5 Å². The number of hydrogen-bond donors (Lipinski definition) is 0. The van der Waals surface area contributed by atoms with Gasteiger partial charge in [-0.25, -0.2) is 14.8 Å². The number of hydrogen-bond acceptors (Lipinski definition) is 8. The number of ether oxygens (including phenoxy) is 3. The SMILES string of the molecule is C=S(=O)(CCCOC)c1ccc(C2(C(=O)Oc3cnc(C(=O)N(C)C)cn3)C=C2OC2CCCC2)cc1. The molecule has 0 radical (unpaired) electrons. The maximum absolute atomic E-state index is 13.5. The van der Waals surface area contributed by atoms with Gasteiger partial charge in [-0.1, -0.05) is 12.1 Å². The van der Waals surface area contributed by atoms with E-state index in [1.54, 1.807) is 51.5 Å². The molecule has 0 saturated heterocycles. The molecule has 1 amide bonds.